The van der Waals surface area contributed by atoms with Crippen molar-refractivity contribution in [3.05, 3.63) is 16.7 Å². The van der Waals surface area contributed by atoms with Crippen molar-refractivity contribution in [1.82, 2.24) is 9.97 Å². The monoisotopic (exact) mass is 237 g/mol. The standard InChI is InChI=1S/C8H10F3N3O2/c1-14(3-8(9,10)11)6-5(16-2)7(15)13-4-12-6/h4H,3H2,1-2H3,(H,12,13,15). The zero-order valence-electron chi connectivity index (χ0n) is 8.63. The van der Waals surface area contributed by atoms with Gasteiger partial charge in [-0.2, -0.15) is 13.2 Å². The third-order valence-corrected chi connectivity index (χ3v) is 1.77. The fraction of sp³-hybridized carbons (Fsp3) is 0.500. The topological polar surface area (TPSA) is 58.2 Å². The van der Waals surface area contributed by atoms with E-state index in [2.05, 4.69) is 9.97 Å². The van der Waals surface area contributed by atoms with Gasteiger partial charge in [0.15, 0.2) is 5.82 Å². The van der Waals surface area contributed by atoms with Gasteiger partial charge in [0.2, 0.25) is 5.75 Å². The summed E-state index contributed by atoms with van der Waals surface area (Å²) < 4.78 is 41.1. The average molecular weight is 237 g/mol. The molecule has 90 valence electrons. The van der Waals surface area contributed by atoms with Crippen LogP contribution >= 0.6 is 0 Å². The Kier molecular flexibility index (Phi) is 3.41. The Balaban J connectivity index is 3.04. The lowest BCUT2D eigenvalue weighted by atomic mass is 10.4. The number of aromatic amines is 1. The maximum atomic E-state index is 12.1. The molecule has 0 amide bonds. The van der Waals surface area contributed by atoms with Gasteiger partial charge in [0.25, 0.3) is 5.56 Å². The van der Waals surface area contributed by atoms with E-state index in [1.165, 1.54) is 14.2 Å². The number of alkyl halides is 3. The first-order valence-electron chi connectivity index (χ1n) is 4.24. The van der Waals surface area contributed by atoms with E-state index in [1.807, 2.05) is 0 Å². The Morgan fingerprint density at radius 3 is 2.69 bits per heavy atom. The van der Waals surface area contributed by atoms with Crippen LogP contribution in [0.15, 0.2) is 11.1 Å². The van der Waals surface area contributed by atoms with Gasteiger partial charge in [0, 0.05) is 7.05 Å². The van der Waals surface area contributed by atoms with Gasteiger partial charge >= 0.3 is 6.18 Å². The molecule has 1 aromatic heterocycles. The van der Waals surface area contributed by atoms with E-state index in [4.69, 9.17) is 4.74 Å². The SMILES string of the molecule is COc1c(N(C)CC(F)(F)F)nc[nH]c1=O. The number of hydrogen-bond donors (Lipinski definition) is 1. The molecule has 0 unspecified atom stereocenters. The molecule has 0 aliphatic rings. The molecule has 0 aliphatic carbocycles. The van der Waals surface area contributed by atoms with Crippen LogP contribution in [0.5, 0.6) is 5.75 Å². The Morgan fingerprint density at radius 2 is 2.19 bits per heavy atom. The molecule has 16 heavy (non-hydrogen) atoms. The summed E-state index contributed by atoms with van der Waals surface area (Å²) in [4.78, 5) is 17.9. The Bertz CT molecular complexity index is 416. The van der Waals surface area contributed by atoms with E-state index in [0.29, 0.717) is 0 Å². The Hall–Kier alpha value is -1.73. The lowest BCUT2D eigenvalue weighted by Crippen LogP contribution is -2.32. The number of anilines is 1. The van der Waals surface area contributed by atoms with Crippen molar-refractivity contribution >= 4 is 5.82 Å². The summed E-state index contributed by atoms with van der Waals surface area (Å²) in [7, 11) is 2.37. The number of hydrogen-bond acceptors (Lipinski definition) is 4. The first-order valence-corrected chi connectivity index (χ1v) is 4.24. The highest BCUT2D eigenvalue weighted by atomic mass is 19.4. The summed E-state index contributed by atoms with van der Waals surface area (Å²) in [5, 5.41) is 0. The predicted octanol–water partition coefficient (Wildman–Crippen LogP) is 0.777. The van der Waals surface area contributed by atoms with E-state index in [1.54, 1.807) is 0 Å². The van der Waals surface area contributed by atoms with Gasteiger partial charge in [-0.3, -0.25) is 4.79 Å². The number of nitrogens with one attached hydrogen (secondary N) is 1. The summed E-state index contributed by atoms with van der Waals surface area (Å²) in [6.45, 7) is -1.21. The smallest absolute Gasteiger partial charge is 0.405 e. The molecule has 0 spiro atoms. The molecular weight excluding hydrogens is 227 g/mol. The highest BCUT2D eigenvalue weighted by molar-refractivity contribution is 5.49. The molecule has 0 atom stereocenters. The van der Waals surface area contributed by atoms with Crippen LogP contribution in [0.4, 0.5) is 19.0 Å². The zero-order valence-corrected chi connectivity index (χ0v) is 8.63. The van der Waals surface area contributed by atoms with Gasteiger partial charge in [-0.15, -0.1) is 0 Å². The van der Waals surface area contributed by atoms with E-state index < -0.39 is 18.3 Å². The van der Waals surface area contributed by atoms with Crippen LogP contribution in [-0.2, 0) is 0 Å². The molecule has 8 heteroatoms. The van der Waals surface area contributed by atoms with Crippen molar-refractivity contribution < 1.29 is 17.9 Å². The molecule has 0 bridgehead atoms. The van der Waals surface area contributed by atoms with Crippen molar-refractivity contribution in [1.29, 1.82) is 0 Å². The number of rotatable bonds is 3. The molecule has 1 N–H and O–H groups in total. The summed E-state index contributed by atoms with van der Waals surface area (Å²) in [5.41, 5.74) is -0.624. The van der Waals surface area contributed by atoms with Gasteiger partial charge in [-0.05, 0) is 0 Å². The number of aromatic nitrogens is 2. The molecule has 0 saturated heterocycles. The van der Waals surface area contributed by atoms with Gasteiger partial charge in [-0.25, -0.2) is 4.98 Å². The molecular formula is C8H10F3N3O2. The maximum Gasteiger partial charge on any atom is 0.405 e. The fourth-order valence-corrected chi connectivity index (χ4v) is 1.18. The number of methoxy groups -OCH3 is 1. The van der Waals surface area contributed by atoms with E-state index >= 15 is 0 Å². The van der Waals surface area contributed by atoms with Crippen molar-refractivity contribution in [2.45, 2.75) is 6.18 Å². The lowest BCUT2D eigenvalue weighted by Gasteiger charge is -2.20. The van der Waals surface area contributed by atoms with Gasteiger partial charge in [-0.1, -0.05) is 0 Å². The van der Waals surface area contributed by atoms with Gasteiger partial charge in [0.05, 0.1) is 13.4 Å². The molecule has 1 heterocycles. The fourth-order valence-electron chi connectivity index (χ4n) is 1.18. The minimum atomic E-state index is -4.37. The van der Waals surface area contributed by atoms with Crippen LogP contribution in [0.25, 0.3) is 0 Å². The van der Waals surface area contributed by atoms with E-state index in [9.17, 15) is 18.0 Å². The van der Waals surface area contributed by atoms with Crippen molar-refractivity contribution in [3.8, 4) is 5.75 Å². The molecule has 1 aromatic rings. The molecule has 0 radical (unpaired) electrons. The number of ether oxygens (including phenoxy) is 1. The van der Waals surface area contributed by atoms with E-state index in [0.717, 1.165) is 11.2 Å². The summed E-state index contributed by atoms with van der Waals surface area (Å²) >= 11 is 0. The first-order chi connectivity index (χ1) is 7.35. The largest absolute Gasteiger partial charge is 0.489 e. The number of halogens is 3. The average Bonchev–Trinajstić information content (AvgIpc) is 2.14. The number of H-pyrrole nitrogens is 1. The second-order valence-corrected chi connectivity index (χ2v) is 3.06. The van der Waals surface area contributed by atoms with Crippen LogP contribution in [0.3, 0.4) is 0 Å². The zero-order chi connectivity index (χ0) is 12.3. The van der Waals surface area contributed by atoms with Crippen molar-refractivity contribution in [3.63, 3.8) is 0 Å². The Morgan fingerprint density at radius 1 is 1.56 bits per heavy atom. The quantitative estimate of drug-likeness (QED) is 0.843. The van der Waals surface area contributed by atoms with Crippen LogP contribution in [0.2, 0.25) is 0 Å². The summed E-state index contributed by atoms with van der Waals surface area (Å²) in [6.07, 6.45) is -3.35. The van der Waals surface area contributed by atoms with Gasteiger partial charge < -0.3 is 14.6 Å². The number of nitrogens with zero attached hydrogens (tertiary/aromatic N) is 2. The lowest BCUT2D eigenvalue weighted by molar-refractivity contribution is -0.119. The minimum absolute atomic E-state index is 0.149. The normalized spacial score (nSPS) is 11.3. The predicted molar refractivity (Wildman–Crippen MR) is 50.7 cm³/mol. The second kappa shape index (κ2) is 4.42. The van der Waals surface area contributed by atoms with Crippen molar-refractivity contribution in [2.24, 2.45) is 0 Å². The molecule has 0 aromatic carbocycles. The van der Waals surface area contributed by atoms with Crippen LogP contribution in [0.1, 0.15) is 0 Å². The molecule has 0 saturated carbocycles. The highest BCUT2D eigenvalue weighted by Crippen LogP contribution is 2.23. The molecule has 0 aliphatic heterocycles. The third-order valence-electron chi connectivity index (χ3n) is 1.77. The van der Waals surface area contributed by atoms with Gasteiger partial charge in [0.1, 0.15) is 6.54 Å². The maximum absolute atomic E-state index is 12.1. The van der Waals surface area contributed by atoms with Crippen LogP contribution in [0, 0.1) is 0 Å². The Labute approximate surface area is 88.9 Å². The molecule has 1 rings (SSSR count). The highest BCUT2D eigenvalue weighted by Gasteiger charge is 2.31. The first kappa shape index (κ1) is 12.3. The van der Waals surface area contributed by atoms with Crippen LogP contribution in [-0.4, -0.2) is 36.8 Å². The minimum Gasteiger partial charge on any atom is -0.489 e. The molecule has 5 nitrogen and oxygen atoms in total. The summed E-state index contributed by atoms with van der Waals surface area (Å²) in [6, 6.07) is 0. The van der Waals surface area contributed by atoms with Crippen molar-refractivity contribution in [2.75, 3.05) is 25.6 Å². The summed E-state index contributed by atoms with van der Waals surface area (Å²) in [5.74, 6) is -0.391. The molecule has 0 fully saturated rings. The van der Waals surface area contributed by atoms with Crippen LogP contribution < -0.4 is 15.2 Å². The van der Waals surface area contributed by atoms with E-state index in [-0.39, 0.29) is 11.6 Å². The second-order valence-electron chi connectivity index (χ2n) is 3.06. The third kappa shape index (κ3) is 2.88.